The molecule has 1 aromatic carbocycles. The number of amides is 1. The summed E-state index contributed by atoms with van der Waals surface area (Å²) in [6.07, 6.45) is 0.687. The summed E-state index contributed by atoms with van der Waals surface area (Å²) in [6.45, 7) is 3.36. The molecule has 0 aliphatic rings. The Bertz CT molecular complexity index is 445. The molecular weight excluding hydrogens is 246 g/mol. The van der Waals surface area contributed by atoms with Crippen LogP contribution >= 0.6 is 0 Å². The van der Waals surface area contributed by atoms with E-state index >= 15 is 0 Å². The largest absolute Gasteiger partial charge is 0.495 e. The van der Waals surface area contributed by atoms with Crippen LogP contribution in [0.15, 0.2) is 24.3 Å². The first-order valence-corrected chi connectivity index (χ1v) is 6.18. The van der Waals surface area contributed by atoms with Gasteiger partial charge in [0.05, 0.1) is 18.7 Å². The number of carbonyl (C=O) groups excluding carboxylic acids is 2. The van der Waals surface area contributed by atoms with Crippen molar-refractivity contribution >= 4 is 17.6 Å². The van der Waals surface area contributed by atoms with Crippen molar-refractivity contribution in [3.8, 4) is 5.75 Å². The molecule has 0 heterocycles. The zero-order valence-electron chi connectivity index (χ0n) is 11.4. The van der Waals surface area contributed by atoms with Crippen LogP contribution in [0.1, 0.15) is 20.3 Å². The zero-order chi connectivity index (χ0) is 14.3. The molecule has 0 aromatic heterocycles. The van der Waals surface area contributed by atoms with Gasteiger partial charge in [-0.3, -0.25) is 9.59 Å². The van der Waals surface area contributed by atoms with Gasteiger partial charge in [0.15, 0.2) is 6.61 Å². The Balaban J connectivity index is 2.49. The molecule has 1 atom stereocenters. The van der Waals surface area contributed by atoms with Gasteiger partial charge in [-0.1, -0.05) is 26.0 Å². The predicted octanol–water partition coefficient (Wildman–Crippen LogP) is 2.22. The maximum Gasteiger partial charge on any atom is 0.309 e. The minimum Gasteiger partial charge on any atom is -0.495 e. The predicted molar refractivity (Wildman–Crippen MR) is 72.0 cm³/mol. The lowest BCUT2D eigenvalue weighted by molar-refractivity contribution is -0.151. The van der Waals surface area contributed by atoms with Crippen molar-refractivity contribution in [1.29, 1.82) is 0 Å². The Kier molecular flexibility index (Phi) is 5.85. The molecule has 1 amide bonds. The van der Waals surface area contributed by atoms with Crippen LogP contribution in [0.4, 0.5) is 5.69 Å². The lowest BCUT2D eigenvalue weighted by Crippen LogP contribution is -2.23. The quantitative estimate of drug-likeness (QED) is 0.801. The number of hydrogen-bond acceptors (Lipinski definition) is 4. The number of nitrogens with one attached hydrogen (secondary N) is 1. The summed E-state index contributed by atoms with van der Waals surface area (Å²) in [5.41, 5.74) is 0.551. The molecule has 0 saturated carbocycles. The van der Waals surface area contributed by atoms with E-state index in [0.717, 1.165) is 0 Å². The number of benzene rings is 1. The molecule has 0 aliphatic carbocycles. The van der Waals surface area contributed by atoms with Crippen molar-refractivity contribution in [1.82, 2.24) is 0 Å². The van der Waals surface area contributed by atoms with Crippen LogP contribution in [0, 0.1) is 5.92 Å². The third-order valence-electron chi connectivity index (χ3n) is 2.74. The monoisotopic (exact) mass is 265 g/mol. The molecule has 1 rings (SSSR count). The van der Waals surface area contributed by atoms with E-state index in [1.807, 2.05) is 6.92 Å². The summed E-state index contributed by atoms with van der Waals surface area (Å²) in [5.74, 6) is -0.387. The van der Waals surface area contributed by atoms with Gasteiger partial charge in [0.1, 0.15) is 5.75 Å². The van der Waals surface area contributed by atoms with Crippen LogP contribution in [0.3, 0.4) is 0 Å². The Morgan fingerprint density at radius 2 is 2.00 bits per heavy atom. The first-order chi connectivity index (χ1) is 9.08. The van der Waals surface area contributed by atoms with Crippen molar-refractivity contribution in [2.75, 3.05) is 19.0 Å². The number of esters is 1. The maximum absolute atomic E-state index is 11.7. The summed E-state index contributed by atoms with van der Waals surface area (Å²) in [6, 6.07) is 7.04. The summed E-state index contributed by atoms with van der Waals surface area (Å²) < 4.78 is 10.0. The molecule has 0 saturated heterocycles. The number of rotatable bonds is 6. The van der Waals surface area contributed by atoms with Gasteiger partial charge in [-0.15, -0.1) is 0 Å². The number of hydrogen-bond donors (Lipinski definition) is 1. The highest BCUT2D eigenvalue weighted by Crippen LogP contribution is 2.22. The van der Waals surface area contributed by atoms with Crippen LogP contribution in [0.25, 0.3) is 0 Å². The van der Waals surface area contributed by atoms with Gasteiger partial charge < -0.3 is 14.8 Å². The second kappa shape index (κ2) is 7.41. The molecule has 0 fully saturated rings. The standard InChI is InChI=1S/C14H19NO4/c1-4-10(2)14(17)19-9-13(16)15-11-7-5-6-8-12(11)18-3/h5-8,10H,4,9H2,1-3H3,(H,15,16). The fourth-order valence-electron chi connectivity index (χ4n) is 1.38. The van der Waals surface area contributed by atoms with Crippen LogP contribution in [-0.2, 0) is 14.3 Å². The highest BCUT2D eigenvalue weighted by Gasteiger charge is 2.14. The molecule has 0 bridgehead atoms. The minimum absolute atomic E-state index is 0.195. The fraction of sp³-hybridized carbons (Fsp3) is 0.429. The van der Waals surface area contributed by atoms with Gasteiger partial charge >= 0.3 is 5.97 Å². The van der Waals surface area contributed by atoms with Crippen molar-refractivity contribution < 1.29 is 19.1 Å². The van der Waals surface area contributed by atoms with Gasteiger partial charge in [-0.05, 0) is 18.6 Å². The second-order valence-corrected chi connectivity index (χ2v) is 4.17. The molecular formula is C14H19NO4. The van der Waals surface area contributed by atoms with Gasteiger partial charge in [0.2, 0.25) is 0 Å². The molecule has 0 radical (unpaired) electrons. The van der Waals surface area contributed by atoms with Crippen LogP contribution in [0.5, 0.6) is 5.75 Å². The maximum atomic E-state index is 11.7. The van der Waals surface area contributed by atoms with E-state index < -0.39 is 0 Å². The third-order valence-corrected chi connectivity index (χ3v) is 2.74. The molecule has 0 aliphatic heterocycles. The molecule has 1 aromatic rings. The van der Waals surface area contributed by atoms with E-state index in [-0.39, 0.29) is 24.4 Å². The van der Waals surface area contributed by atoms with Gasteiger partial charge in [0.25, 0.3) is 5.91 Å². The summed E-state index contributed by atoms with van der Waals surface area (Å²) in [4.78, 5) is 23.1. The van der Waals surface area contributed by atoms with E-state index in [1.165, 1.54) is 7.11 Å². The fourth-order valence-corrected chi connectivity index (χ4v) is 1.38. The zero-order valence-corrected chi connectivity index (χ0v) is 11.4. The van der Waals surface area contributed by atoms with E-state index in [9.17, 15) is 9.59 Å². The smallest absolute Gasteiger partial charge is 0.309 e. The van der Waals surface area contributed by atoms with Crippen molar-refractivity contribution in [2.45, 2.75) is 20.3 Å². The van der Waals surface area contributed by atoms with Crippen molar-refractivity contribution in [3.63, 3.8) is 0 Å². The van der Waals surface area contributed by atoms with E-state index in [1.54, 1.807) is 31.2 Å². The van der Waals surface area contributed by atoms with E-state index in [2.05, 4.69) is 5.32 Å². The molecule has 0 spiro atoms. The highest BCUT2D eigenvalue weighted by atomic mass is 16.5. The lowest BCUT2D eigenvalue weighted by Gasteiger charge is -2.11. The van der Waals surface area contributed by atoms with E-state index in [4.69, 9.17) is 9.47 Å². The molecule has 1 N–H and O–H groups in total. The molecule has 19 heavy (non-hydrogen) atoms. The Morgan fingerprint density at radius 1 is 1.32 bits per heavy atom. The number of ether oxygens (including phenoxy) is 2. The molecule has 5 nitrogen and oxygen atoms in total. The minimum atomic E-state index is -0.388. The topological polar surface area (TPSA) is 64.6 Å². The first-order valence-electron chi connectivity index (χ1n) is 6.18. The second-order valence-electron chi connectivity index (χ2n) is 4.17. The Labute approximate surface area is 112 Å². The summed E-state index contributed by atoms with van der Waals surface area (Å²) in [5, 5.41) is 2.63. The number of para-hydroxylation sites is 2. The third kappa shape index (κ3) is 4.62. The normalized spacial score (nSPS) is 11.5. The highest BCUT2D eigenvalue weighted by molar-refractivity contribution is 5.94. The average Bonchev–Trinajstić information content (AvgIpc) is 2.44. The van der Waals surface area contributed by atoms with Crippen LogP contribution < -0.4 is 10.1 Å². The SMILES string of the molecule is CCC(C)C(=O)OCC(=O)Nc1ccccc1OC. The van der Waals surface area contributed by atoms with Crippen LogP contribution in [-0.4, -0.2) is 25.6 Å². The molecule has 104 valence electrons. The Morgan fingerprint density at radius 3 is 2.63 bits per heavy atom. The average molecular weight is 265 g/mol. The molecule has 1 unspecified atom stereocenters. The van der Waals surface area contributed by atoms with Gasteiger partial charge in [0, 0.05) is 0 Å². The number of anilines is 1. The first kappa shape index (κ1) is 15.0. The number of carbonyl (C=O) groups is 2. The van der Waals surface area contributed by atoms with Gasteiger partial charge in [-0.2, -0.15) is 0 Å². The lowest BCUT2D eigenvalue weighted by atomic mass is 10.1. The molecule has 5 heteroatoms. The summed E-state index contributed by atoms with van der Waals surface area (Å²) >= 11 is 0. The van der Waals surface area contributed by atoms with Crippen molar-refractivity contribution in [3.05, 3.63) is 24.3 Å². The van der Waals surface area contributed by atoms with Crippen LogP contribution in [0.2, 0.25) is 0 Å². The number of methoxy groups -OCH3 is 1. The Hall–Kier alpha value is -2.04. The van der Waals surface area contributed by atoms with E-state index in [0.29, 0.717) is 17.9 Å². The van der Waals surface area contributed by atoms with Crippen molar-refractivity contribution in [2.24, 2.45) is 5.92 Å². The summed E-state index contributed by atoms with van der Waals surface area (Å²) in [7, 11) is 1.52. The van der Waals surface area contributed by atoms with Gasteiger partial charge in [-0.25, -0.2) is 0 Å².